The maximum Gasteiger partial charge on any atom is 0.160 e. The lowest BCUT2D eigenvalue weighted by atomic mass is 9.66. The predicted molar refractivity (Wildman–Crippen MR) is 191 cm³/mol. The number of benzene rings is 6. The van der Waals surface area contributed by atoms with Crippen molar-refractivity contribution in [1.29, 1.82) is 0 Å². The number of hydrogen-bond donors (Lipinski definition) is 0. The summed E-state index contributed by atoms with van der Waals surface area (Å²) in [6, 6.07) is 53.6. The zero-order valence-electron chi connectivity index (χ0n) is 25.2. The van der Waals surface area contributed by atoms with E-state index in [-0.39, 0.29) is 0 Å². The van der Waals surface area contributed by atoms with E-state index in [0.29, 0.717) is 5.82 Å². The molecular weight excluding hydrogens is 593 g/mol. The third-order valence-corrected chi connectivity index (χ3v) is 10.5. The first-order valence-corrected chi connectivity index (χ1v) is 16.7. The molecule has 10 rings (SSSR count). The highest BCUT2D eigenvalue weighted by atomic mass is 32.1. The number of ether oxygens (including phenoxy) is 1. The molecule has 1 aliphatic carbocycles. The van der Waals surface area contributed by atoms with E-state index in [0.717, 1.165) is 50.7 Å². The summed E-state index contributed by atoms with van der Waals surface area (Å²) in [5.74, 6) is 2.49. The van der Waals surface area contributed by atoms with Crippen LogP contribution in [0.15, 0.2) is 157 Å². The maximum absolute atomic E-state index is 6.59. The van der Waals surface area contributed by atoms with Crippen LogP contribution < -0.4 is 4.74 Å². The second kappa shape index (κ2) is 10.1. The quantitative estimate of drug-likeness (QED) is 0.198. The lowest BCUT2D eigenvalue weighted by Gasteiger charge is -2.39. The molecule has 0 amide bonds. The second-order valence-corrected chi connectivity index (χ2v) is 13.1. The summed E-state index contributed by atoms with van der Waals surface area (Å²) < 4.78 is 7.88. The monoisotopic (exact) mass is 618 g/mol. The van der Waals surface area contributed by atoms with Gasteiger partial charge in [0.25, 0.3) is 0 Å². The Labute approximate surface area is 276 Å². The Kier molecular flexibility index (Phi) is 5.66. The highest BCUT2D eigenvalue weighted by Gasteiger charge is 2.51. The van der Waals surface area contributed by atoms with Gasteiger partial charge in [0.05, 0.1) is 16.8 Å². The van der Waals surface area contributed by atoms with E-state index in [2.05, 4.69) is 133 Å². The van der Waals surface area contributed by atoms with Crippen molar-refractivity contribution >= 4 is 21.4 Å². The standard InChI is InChI=1S/C43H26N2OS/c1-3-11-27(12-4-1)36-26-37(45-42(44-36)28-13-5-2-6-14-28)29-19-20-30-35(25-29)43(34-21-22-40-31(41(30)34)23-24-47-40)32-15-7-9-17-38(32)46-39-18-10-8-16-33(39)43/h1-26H. The summed E-state index contributed by atoms with van der Waals surface area (Å²) in [7, 11) is 0. The van der Waals surface area contributed by atoms with Crippen LogP contribution >= 0.6 is 11.3 Å². The fourth-order valence-electron chi connectivity index (χ4n) is 7.67. The van der Waals surface area contributed by atoms with Crippen molar-refractivity contribution in [2.24, 2.45) is 0 Å². The van der Waals surface area contributed by atoms with Gasteiger partial charge in [-0.1, -0.05) is 115 Å². The minimum Gasteiger partial charge on any atom is -0.457 e. The van der Waals surface area contributed by atoms with Gasteiger partial charge in [-0.05, 0) is 64.0 Å². The molecule has 2 aliphatic rings. The molecule has 0 saturated heterocycles. The Morgan fingerprint density at radius 1 is 0.489 bits per heavy atom. The minimum absolute atomic E-state index is 0.556. The molecule has 6 aromatic carbocycles. The van der Waals surface area contributed by atoms with Crippen LogP contribution in [0.4, 0.5) is 0 Å². The molecule has 2 aromatic heterocycles. The number of hydrogen-bond acceptors (Lipinski definition) is 4. The minimum atomic E-state index is -0.556. The molecule has 0 atom stereocenters. The summed E-state index contributed by atoms with van der Waals surface area (Å²) in [5, 5.41) is 3.49. The third kappa shape index (κ3) is 3.79. The van der Waals surface area contributed by atoms with Crippen molar-refractivity contribution in [2.75, 3.05) is 0 Å². The lowest BCUT2D eigenvalue weighted by Crippen LogP contribution is -2.32. The number of nitrogens with zero attached hydrogens (tertiary/aromatic N) is 2. The van der Waals surface area contributed by atoms with E-state index in [1.165, 1.54) is 32.3 Å². The molecule has 1 aliphatic heterocycles. The van der Waals surface area contributed by atoms with Crippen LogP contribution in [-0.4, -0.2) is 9.97 Å². The summed E-state index contributed by atoms with van der Waals surface area (Å²) in [6.45, 7) is 0. The first-order chi connectivity index (χ1) is 23.3. The molecule has 220 valence electrons. The summed E-state index contributed by atoms with van der Waals surface area (Å²) >= 11 is 1.79. The zero-order valence-corrected chi connectivity index (χ0v) is 26.0. The number of aromatic nitrogens is 2. The van der Waals surface area contributed by atoms with Gasteiger partial charge in [-0.3, -0.25) is 0 Å². The van der Waals surface area contributed by atoms with Gasteiger partial charge in [-0.2, -0.15) is 0 Å². The highest BCUT2D eigenvalue weighted by Crippen LogP contribution is 2.63. The predicted octanol–water partition coefficient (Wildman–Crippen LogP) is 11.2. The van der Waals surface area contributed by atoms with Gasteiger partial charge in [0.15, 0.2) is 5.82 Å². The molecule has 0 unspecified atom stereocenters. The van der Waals surface area contributed by atoms with Gasteiger partial charge in [0, 0.05) is 37.9 Å². The molecular formula is C43H26N2OS. The molecule has 3 nitrogen and oxygen atoms in total. The Morgan fingerprint density at radius 2 is 1.13 bits per heavy atom. The van der Waals surface area contributed by atoms with Crippen LogP contribution in [0.5, 0.6) is 11.5 Å². The molecule has 4 heteroatoms. The van der Waals surface area contributed by atoms with Gasteiger partial charge >= 0.3 is 0 Å². The van der Waals surface area contributed by atoms with Crippen molar-refractivity contribution in [3.63, 3.8) is 0 Å². The third-order valence-electron chi connectivity index (χ3n) is 9.66. The average molecular weight is 619 g/mol. The Hall–Kier alpha value is -5.84. The fourth-order valence-corrected chi connectivity index (χ4v) is 8.46. The zero-order chi connectivity index (χ0) is 31.0. The highest BCUT2D eigenvalue weighted by molar-refractivity contribution is 7.17. The van der Waals surface area contributed by atoms with Crippen molar-refractivity contribution in [3.05, 3.63) is 179 Å². The van der Waals surface area contributed by atoms with Gasteiger partial charge in [0.2, 0.25) is 0 Å². The van der Waals surface area contributed by atoms with Crippen LogP contribution in [0.1, 0.15) is 22.3 Å². The van der Waals surface area contributed by atoms with Gasteiger partial charge in [-0.15, -0.1) is 11.3 Å². The van der Waals surface area contributed by atoms with E-state index in [4.69, 9.17) is 14.7 Å². The Morgan fingerprint density at radius 3 is 1.85 bits per heavy atom. The molecule has 0 fully saturated rings. The van der Waals surface area contributed by atoms with Crippen LogP contribution in [0.3, 0.4) is 0 Å². The van der Waals surface area contributed by atoms with Gasteiger partial charge in [0.1, 0.15) is 11.5 Å². The SMILES string of the molecule is c1ccc(-c2cc(-c3ccc4c(c3)C3(c5ccccc5Oc5ccccc53)c3ccc5sccc5c3-4)nc(-c3ccccc3)n2)cc1. The largest absolute Gasteiger partial charge is 0.457 e. The van der Waals surface area contributed by atoms with Crippen LogP contribution in [0.25, 0.3) is 55.1 Å². The Balaban J connectivity index is 1.29. The molecule has 0 N–H and O–H groups in total. The van der Waals surface area contributed by atoms with Gasteiger partial charge in [-0.25, -0.2) is 9.97 Å². The molecule has 8 aromatic rings. The first kappa shape index (κ1) is 26.4. The number of rotatable bonds is 3. The normalized spacial score (nSPS) is 13.4. The average Bonchev–Trinajstić information content (AvgIpc) is 3.74. The number of thiophene rings is 1. The molecule has 1 spiro atoms. The lowest BCUT2D eigenvalue weighted by molar-refractivity contribution is 0.436. The molecule has 0 bridgehead atoms. The smallest absolute Gasteiger partial charge is 0.160 e. The molecule has 47 heavy (non-hydrogen) atoms. The van der Waals surface area contributed by atoms with Crippen molar-refractivity contribution in [1.82, 2.24) is 9.97 Å². The van der Waals surface area contributed by atoms with E-state index in [1.54, 1.807) is 11.3 Å². The maximum atomic E-state index is 6.59. The second-order valence-electron chi connectivity index (χ2n) is 12.1. The molecule has 0 saturated carbocycles. The number of para-hydroxylation sites is 2. The van der Waals surface area contributed by atoms with E-state index in [9.17, 15) is 0 Å². The number of fused-ring (bicyclic) bond motifs is 11. The van der Waals surface area contributed by atoms with Crippen LogP contribution in [-0.2, 0) is 5.41 Å². The van der Waals surface area contributed by atoms with E-state index in [1.807, 2.05) is 24.3 Å². The van der Waals surface area contributed by atoms with Crippen molar-refractivity contribution in [2.45, 2.75) is 5.41 Å². The van der Waals surface area contributed by atoms with Crippen LogP contribution in [0.2, 0.25) is 0 Å². The van der Waals surface area contributed by atoms with E-state index < -0.39 is 5.41 Å². The topological polar surface area (TPSA) is 35.0 Å². The summed E-state index contributed by atoms with van der Waals surface area (Å²) in [6.07, 6.45) is 0. The van der Waals surface area contributed by atoms with Crippen molar-refractivity contribution < 1.29 is 4.74 Å². The first-order valence-electron chi connectivity index (χ1n) is 15.8. The van der Waals surface area contributed by atoms with Gasteiger partial charge < -0.3 is 4.74 Å². The molecule has 3 heterocycles. The Bertz CT molecular complexity index is 2400. The van der Waals surface area contributed by atoms with E-state index >= 15 is 0 Å². The fraction of sp³-hybridized carbons (Fsp3) is 0.0233. The molecule has 0 radical (unpaired) electrons. The van der Waals surface area contributed by atoms with Crippen LogP contribution in [0, 0.1) is 0 Å². The summed E-state index contributed by atoms with van der Waals surface area (Å²) in [5.41, 5.74) is 11.7. The van der Waals surface area contributed by atoms with Crippen molar-refractivity contribution in [3.8, 4) is 56.5 Å². The summed E-state index contributed by atoms with van der Waals surface area (Å²) in [4.78, 5) is 10.3.